The van der Waals surface area contributed by atoms with Gasteiger partial charge in [-0.2, -0.15) is 4.98 Å². The zero-order chi connectivity index (χ0) is 22.1. The molecule has 4 rings (SSSR count). The Hall–Kier alpha value is -3.39. The molecule has 0 fully saturated rings. The maximum Gasteiger partial charge on any atom is 0.322 e. The van der Waals surface area contributed by atoms with Crippen LogP contribution in [-0.4, -0.2) is 34.7 Å². The summed E-state index contributed by atoms with van der Waals surface area (Å²) in [4.78, 5) is 18.7. The van der Waals surface area contributed by atoms with Crippen molar-refractivity contribution in [3.05, 3.63) is 70.5 Å². The van der Waals surface area contributed by atoms with Crippen LogP contribution in [0.1, 0.15) is 31.3 Å². The van der Waals surface area contributed by atoms with Crippen molar-refractivity contribution in [3.63, 3.8) is 0 Å². The number of carbonyl (C=O) groups excluding carboxylic acids is 1. The van der Waals surface area contributed by atoms with Gasteiger partial charge in [-0.1, -0.05) is 28.9 Å². The fourth-order valence-electron chi connectivity index (χ4n) is 3.63. The van der Waals surface area contributed by atoms with Gasteiger partial charge in [-0.25, -0.2) is 9.18 Å². The van der Waals surface area contributed by atoms with Crippen molar-refractivity contribution in [1.82, 2.24) is 20.4 Å². The molecule has 2 aromatic carbocycles. The van der Waals surface area contributed by atoms with E-state index < -0.39 is 11.9 Å². The number of methoxy groups -OCH3 is 1. The largest absolute Gasteiger partial charge is 0.494 e. The fraction of sp³-hybridized carbons (Fsp3) is 0.227. The van der Waals surface area contributed by atoms with Crippen molar-refractivity contribution >= 4 is 23.2 Å². The zero-order valence-corrected chi connectivity index (χ0v) is 17.9. The Balaban J connectivity index is 1.80. The number of aromatic nitrogens is 2. The maximum absolute atomic E-state index is 14.1. The molecule has 2 heterocycles. The molecule has 1 aliphatic rings. The first-order valence-corrected chi connectivity index (χ1v) is 10.0. The van der Waals surface area contributed by atoms with E-state index in [-0.39, 0.29) is 23.5 Å². The number of rotatable bonds is 5. The number of hydrogen-bond donors (Lipinski definition) is 1. The molecule has 1 aliphatic heterocycles. The van der Waals surface area contributed by atoms with Gasteiger partial charge in [0.2, 0.25) is 5.82 Å². The molecule has 0 aliphatic carbocycles. The average molecular weight is 443 g/mol. The highest BCUT2D eigenvalue weighted by Crippen LogP contribution is 2.38. The van der Waals surface area contributed by atoms with E-state index in [1.165, 1.54) is 19.2 Å². The summed E-state index contributed by atoms with van der Waals surface area (Å²) < 4.78 is 24.6. The van der Waals surface area contributed by atoms with Crippen LogP contribution >= 0.6 is 11.6 Å². The minimum Gasteiger partial charge on any atom is -0.494 e. The van der Waals surface area contributed by atoms with E-state index in [0.29, 0.717) is 28.4 Å². The monoisotopic (exact) mass is 442 g/mol. The minimum absolute atomic E-state index is 0.126. The van der Waals surface area contributed by atoms with E-state index in [2.05, 4.69) is 15.5 Å². The van der Waals surface area contributed by atoms with E-state index in [9.17, 15) is 9.18 Å². The van der Waals surface area contributed by atoms with Crippen molar-refractivity contribution in [3.8, 4) is 17.1 Å². The minimum atomic E-state index is -0.532. The van der Waals surface area contributed by atoms with Gasteiger partial charge in [0, 0.05) is 22.8 Å². The maximum atomic E-state index is 14.1. The number of nitrogens with one attached hydrogen (secondary N) is 1. The molecule has 2 amide bonds. The van der Waals surface area contributed by atoms with Crippen LogP contribution < -0.4 is 10.1 Å². The summed E-state index contributed by atoms with van der Waals surface area (Å²) in [5.74, 6) is 0.0510. The lowest BCUT2D eigenvalue weighted by atomic mass is 9.94. The third-order valence-electron chi connectivity index (χ3n) is 5.16. The highest BCUT2D eigenvalue weighted by molar-refractivity contribution is 6.30. The predicted molar refractivity (Wildman–Crippen MR) is 114 cm³/mol. The highest BCUT2D eigenvalue weighted by Gasteiger charge is 2.35. The summed E-state index contributed by atoms with van der Waals surface area (Å²) in [6, 6.07) is 10.9. The quantitative estimate of drug-likeness (QED) is 0.597. The smallest absolute Gasteiger partial charge is 0.322 e. The number of halogens is 2. The van der Waals surface area contributed by atoms with E-state index >= 15 is 0 Å². The molecule has 1 unspecified atom stereocenters. The second kappa shape index (κ2) is 8.39. The summed E-state index contributed by atoms with van der Waals surface area (Å²) in [7, 11) is 1.40. The summed E-state index contributed by atoms with van der Waals surface area (Å²) in [5.41, 5.74) is 2.56. The Morgan fingerprint density at radius 3 is 2.77 bits per heavy atom. The topological polar surface area (TPSA) is 80.5 Å². The number of hydrogen-bond acceptors (Lipinski definition) is 5. The zero-order valence-electron chi connectivity index (χ0n) is 17.1. The van der Waals surface area contributed by atoms with Crippen LogP contribution in [0.5, 0.6) is 5.75 Å². The first-order chi connectivity index (χ1) is 14.9. The van der Waals surface area contributed by atoms with Crippen LogP contribution in [0.2, 0.25) is 5.02 Å². The third kappa shape index (κ3) is 3.86. The average Bonchev–Trinajstić information content (AvgIpc) is 3.23. The molecule has 1 atom stereocenters. The molecule has 0 saturated heterocycles. The summed E-state index contributed by atoms with van der Waals surface area (Å²) >= 11 is 6.17. The Labute approximate surface area is 183 Å². The Bertz CT molecular complexity index is 1180. The van der Waals surface area contributed by atoms with Crippen molar-refractivity contribution in [2.24, 2.45) is 0 Å². The second-order valence-corrected chi connectivity index (χ2v) is 7.39. The standard InChI is InChI=1S/C22H20ClFN4O3/c1-4-28-12(2)18(19(25-22(28)29)13-6-5-7-15(23)10-13)21-26-20(27-31-21)14-8-9-17(30-3)16(24)11-14/h5-11,19H,4H2,1-3H3,(H,25,29). The van der Waals surface area contributed by atoms with Gasteiger partial charge in [0.1, 0.15) is 0 Å². The van der Waals surface area contributed by atoms with Gasteiger partial charge >= 0.3 is 6.03 Å². The number of carbonyl (C=O) groups is 1. The SMILES string of the molecule is CCN1C(=O)NC(c2cccc(Cl)c2)C(c2nc(-c3ccc(OC)c(F)c3)no2)=C1C. The number of nitrogens with zero attached hydrogens (tertiary/aromatic N) is 3. The lowest BCUT2D eigenvalue weighted by Crippen LogP contribution is -2.45. The summed E-state index contributed by atoms with van der Waals surface area (Å²) in [6.07, 6.45) is 0. The van der Waals surface area contributed by atoms with Gasteiger partial charge in [0.15, 0.2) is 11.6 Å². The summed E-state index contributed by atoms with van der Waals surface area (Å²) in [5, 5.41) is 7.55. The van der Waals surface area contributed by atoms with Gasteiger partial charge in [0.25, 0.3) is 5.89 Å². The van der Waals surface area contributed by atoms with Crippen LogP contribution in [0.3, 0.4) is 0 Å². The molecule has 0 radical (unpaired) electrons. The van der Waals surface area contributed by atoms with Gasteiger partial charge in [-0.05, 0) is 49.7 Å². The van der Waals surface area contributed by atoms with E-state index in [1.54, 1.807) is 23.1 Å². The van der Waals surface area contributed by atoms with Crippen molar-refractivity contribution < 1.29 is 18.4 Å². The van der Waals surface area contributed by atoms with Crippen molar-refractivity contribution in [2.45, 2.75) is 19.9 Å². The van der Waals surface area contributed by atoms with E-state index in [4.69, 9.17) is 20.9 Å². The molecule has 0 bridgehead atoms. The second-order valence-electron chi connectivity index (χ2n) is 6.95. The number of benzene rings is 2. The molecule has 1 N–H and O–H groups in total. The molecular formula is C22H20ClFN4O3. The van der Waals surface area contributed by atoms with E-state index in [0.717, 1.165) is 5.56 Å². The van der Waals surface area contributed by atoms with Gasteiger partial charge in [0.05, 0.1) is 18.7 Å². The molecule has 9 heteroatoms. The number of allylic oxidation sites excluding steroid dienone is 1. The van der Waals surface area contributed by atoms with Gasteiger partial charge in [-0.3, -0.25) is 4.90 Å². The Kier molecular flexibility index (Phi) is 5.65. The van der Waals surface area contributed by atoms with Gasteiger partial charge < -0.3 is 14.6 Å². The Morgan fingerprint density at radius 1 is 1.29 bits per heavy atom. The van der Waals surface area contributed by atoms with Crippen LogP contribution in [0.4, 0.5) is 9.18 Å². The normalized spacial score (nSPS) is 16.5. The third-order valence-corrected chi connectivity index (χ3v) is 5.40. The molecule has 0 saturated carbocycles. The molecule has 1 aromatic heterocycles. The lowest BCUT2D eigenvalue weighted by molar-refractivity contribution is 0.207. The Morgan fingerprint density at radius 2 is 2.10 bits per heavy atom. The van der Waals surface area contributed by atoms with Crippen LogP contribution in [0.15, 0.2) is 52.7 Å². The highest BCUT2D eigenvalue weighted by atomic mass is 35.5. The van der Waals surface area contributed by atoms with Crippen molar-refractivity contribution in [2.75, 3.05) is 13.7 Å². The van der Waals surface area contributed by atoms with Gasteiger partial charge in [-0.15, -0.1) is 0 Å². The number of amides is 2. The summed E-state index contributed by atoms with van der Waals surface area (Å²) in [6.45, 7) is 4.17. The molecule has 31 heavy (non-hydrogen) atoms. The van der Waals surface area contributed by atoms with Crippen molar-refractivity contribution in [1.29, 1.82) is 0 Å². The number of urea groups is 1. The first kappa shape index (κ1) is 20.9. The van der Waals surface area contributed by atoms with E-state index in [1.807, 2.05) is 26.0 Å². The molecule has 3 aromatic rings. The van der Waals surface area contributed by atoms with Crippen LogP contribution in [0.25, 0.3) is 17.0 Å². The fourth-order valence-corrected chi connectivity index (χ4v) is 3.83. The molecular weight excluding hydrogens is 423 g/mol. The molecule has 7 nitrogen and oxygen atoms in total. The molecule has 0 spiro atoms. The van der Waals surface area contributed by atoms with Crippen LogP contribution in [0, 0.1) is 5.82 Å². The van der Waals surface area contributed by atoms with Crippen LogP contribution in [-0.2, 0) is 0 Å². The first-order valence-electron chi connectivity index (χ1n) is 9.65. The lowest BCUT2D eigenvalue weighted by Gasteiger charge is -2.34. The predicted octanol–water partition coefficient (Wildman–Crippen LogP) is 5.06. The molecule has 160 valence electrons. The number of ether oxygens (including phenoxy) is 1.